The molecule has 1 aromatic rings. The summed E-state index contributed by atoms with van der Waals surface area (Å²) in [4.78, 5) is 47.2. The lowest BCUT2D eigenvalue weighted by molar-refractivity contribution is -0.132. The number of aryl methyl sites for hydroxylation is 1. The second kappa shape index (κ2) is 10.1. The molecule has 1 aromatic carbocycles. The molecule has 0 aromatic heterocycles. The van der Waals surface area contributed by atoms with E-state index in [1.807, 2.05) is 11.0 Å². The van der Waals surface area contributed by atoms with Crippen LogP contribution in [0.2, 0.25) is 0 Å². The number of allylic oxidation sites excluding steroid dienone is 3. The number of amides is 4. The Balaban J connectivity index is 1.19. The second-order valence-electron chi connectivity index (χ2n) is 9.06. The average Bonchev–Trinajstić information content (AvgIpc) is 2.80. The molecule has 1 saturated heterocycles. The van der Waals surface area contributed by atoms with E-state index >= 15 is 0 Å². The van der Waals surface area contributed by atoms with Gasteiger partial charge in [-0.25, -0.2) is 4.79 Å². The van der Waals surface area contributed by atoms with E-state index in [0.717, 1.165) is 32.5 Å². The van der Waals surface area contributed by atoms with Gasteiger partial charge in [0.25, 0.3) is 0 Å². The van der Waals surface area contributed by atoms with Crippen LogP contribution in [0.1, 0.15) is 38.2 Å². The minimum absolute atomic E-state index is 0.184. The van der Waals surface area contributed by atoms with Gasteiger partial charge in [-0.3, -0.25) is 14.5 Å². The van der Waals surface area contributed by atoms with Gasteiger partial charge in [0.05, 0.1) is 11.6 Å². The number of aliphatic imine (C=N–C) groups is 1. The van der Waals surface area contributed by atoms with Crippen molar-refractivity contribution in [3.63, 3.8) is 0 Å². The highest BCUT2D eigenvalue weighted by atomic mass is 16.2. The molecule has 4 amide bonds. The smallest absolute Gasteiger partial charge is 0.350 e. The molecule has 1 fully saturated rings. The molecule has 0 saturated carbocycles. The molecular weight excluding hydrogens is 416 g/mol. The van der Waals surface area contributed by atoms with Crippen molar-refractivity contribution < 1.29 is 14.4 Å². The number of hydrogen-bond acceptors (Lipinski definition) is 4. The molecule has 33 heavy (non-hydrogen) atoms. The van der Waals surface area contributed by atoms with Crippen molar-refractivity contribution in [3.8, 4) is 0 Å². The number of benzene rings is 1. The van der Waals surface area contributed by atoms with Crippen molar-refractivity contribution in [1.82, 2.24) is 9.80 Å². The summed E-state index contributed by atoms with van der Waals surface area (Å²) in [6.45, 7) is 6.91. The topological polar surface area (TPSA) is 73.3 Å². The van der Waals surface area contributed by atoms with Crippen LogP contribution >= 0.6 is 0 Å². The fourth-order valence-corrected chi connectivity index (χ4v) is 4.74. The summed E-state index contributed by atoms with van der Waals surface area (Å²) in [7, 11) is 0. The maximum absolute atomic E-state index is 12.7. The molecule has 4 rings (SSSR count). The highest BCUT2D eigenvalue weighted by Gasteiger charge is 2.35. The van der Waals surface area contributed by atoms with Crippen LogP contribution in [0.5, 0.6) is 0 Å². The molecule has 2 aliphatic heterocycles. The van der Waals surface area contributed by atoms with E-state index in [9.17, 15) is 14.4 Å². The van der Waals surface area contributed by atoms with Gasteiger partial charge in [-0.1, -0.05) is 36.8 Å². The lowest BCUT2D eigenvalue weighted by Crippen LogP contribution is -2.53. The molecule has 3 aliphatic rings. The number of urea groups is 1. The molecule has 174 valence electrons. The first-order valence-electron chi connectivity index (χ1n) is 11.8. The van der Waals surface area contributed by atoms with Crippen LogP contribution in [-0.2, 0) is 9.59 Å². The molecule has 0 bridgehead atoms. The Kier molecular flexibility index (Phi) is 7.06. The number of rotatable bonds is 7. The Labute approximate surface area is 195 Å². The van der Waals surface area contributed by atoms with E-state index in [1.165, 1.54) is 16.2 Å². The van der Waals surface area contributed by atoms with Gasteiger partial charge in [0.2, 0.25) is 11.8 Å². The first kappa shape index (κ1) is 23.0. The standard InChI is InChI=1S/C26H32N4O3/c1-19-9-8-10-21(17-19)29-16-15-28(18-20(29)2)24(31)13-4-3-7-14-30-25(32)22-11-5-6-12-23(22)27-26(30)33/h5-6,8-12,17,20,22H,3-4,7,13-16,18H2,1-2H3. The van der Waals surface area contributed by atoms with Crippen molar-refractivity contribution in [3.05, 3.63) is 54.1 Å². The van der Waals surface area contributed by atoms with E-state index in [4.69, 9.17) is 0 Å². The lowest BCUT2D eigenvalue weighted by Gasteiger charge is -2.41. The van der Waals surface area contributed by atoms with Gasteiger partial charge >= 0.3 is 6.03 Å². The SMILES string of the molecule is Cc1cccc(N2CCN(C(=O)CCCCCN3C(=O)N=C4C=CC=CC4C3=O)CC2C)c1. The molecule has 1 aliphatic carbocycles. The molecule has 0 N–H and O–H groups in total. The van der Waals surface area contributed by atoms with Gasteiger partial charge in [0.15, 0.2) is 0 Å². The van der Waals surface area contributed by atoms with Crippen LogP contribution in [0.3, 0.4) is 0 Å². The second-order valence-corrected chi connectivity index (χ2v) is 9.06. The lowest BCUT2D eigenvalue weighted by atomic mass is 9.95. The van der Waals surface area contributed by atoms with Crippen molar-refractivity contribution >= 4 is 29.2 Å². The summed E-state index contributed by atoms with van der Waals surface area (Å²) >= 11 is 0. The summed E-state index contributed by atoms with van der Waals surface area (Å²) in [6.07, 6.45) is 9.80. The Morgan fingerprint density at radius 1 is 1.12 bits per heavy atom. The van der Waals surface area contributed by atoms with Gasteiger partial charge < -0.3 is 9.80 Å². The number of imide groups is 1. The summed E-state index contributed by atoms with van der Waals surface area (Å²) in [5.41, 5.74) is 2.98. The fourth-order valence-electron chi connectivity index (χ4n) is 4.74. The van der Waals surface area contributed by atoms with Gasteiger partial charge in [-0.15, -0.1) is 0 Å². The van der Waals surface area contributed by atoms with Gasteiger partial charge in [0.1, 0.15) is 0 Å². The number of anilines is 1. The third kappa shape index (κ3) is 5.24. The number of unbranched alkanes of at least 4 members (excludes halogenated alkanes) is 2. The van der Waals surface area contributed by atoms with E-state index in [2.05, 4.69) is 48.0 Å². The largest absolute Gasteiger partial charge is 0.365 e. The first-order chi connectivity index (χ1) is 15.9. The maximum Gasteiger partial charge on any atom is 0.350 e. The van der Waals surface area contributed by atoms with Crippen LogP contribution in [0.15, 0.2) is 53.6 Å². The van der Waals surface area contributed by atoms with Gasteiger partial charge in [-0.2, -0.15) is 4.99 Å². The normalized spacial score (nSPS) is 22.5. The predicted molar refractivity (Wildman–Crippen MR) is 129 cm³/mol. The summed E-state index contributed by atoms with van der Waals surface area (Å²) in [6, 6.07) is 8.29. The van der Waals surface area contributed by atoms with Crippen LogP contribution in [0, 0.1) is 12.8 Å². The maximum atomic E-state index is 12.7. The minimum atomic E-state index is -0.484. The summed E-state index contributed by atoms with van der Waals surface area (Å²) in [5.74, 6) is -0.471. The van der Waals surface area contributed by atoms with Crippen molar-refractivity contribution in [2.45, 2.75) is 45.6 Å². The average molecular weight is 449 g/mol. The Morgan fingerprint density at radius 3 is 2.76 bits per heavy atom. The Hall–Kier alpha value is -3.22. The Bertz CT molecular complexity index is 1010. The first-order valence-corrected chi connectivity index (χ1v) is 11.8. The van der Waals surface area contributed by atoms with E-state index in [-0.39, 0.29) is 17.9 Å². The number of nitrogens with zero attached hydrogens (tertiary/aromatic N) is 4. The molecule has 7 heteroatoms. The van der Waals surface area contributed by atoms with Crippen LogP contribution in [0.25, 0.3) is 0 Å². The van der Waals surface area contributed by atoms with Crippen molar-refractivity contribution in [2.24, 2.45) is 10.9 Å². The predicted octanol–water partition coefficient (Wildman–Crippen LogP) is 3.74. The molecule has 2 atom stereocenters. The van der Waals surface area contributed by atoms with Gasteiger partial charge in [-0.05, 0) is 50.5 Å². The molecule has 7 nitrogen and oxygen atoms in total. The third-order valence-electron chi connectivity index (χ3n) is 6.57. The highest BCUT2D eigenvalue weighted by molar-refractivity contribution is 6.21. The number of piperazine rings is 1. The highest BCUT2D eigenvalue weighted by Crippen LogP contribution is 2.23. The molecule has 0 spiro atoms. The zero-order chi connectivity index (χ0) is 23.4. The van der Waals surface area contributed by atoms with Crippen molar-refractivity contribution in [1.29, 1.82) is 0 Å². The van der Waals surface area contributed by atoms with Crippen molar-refractivity contribution in [2.75, 3.05) is 31.1 Å². The molecule has 2 unspecified atom stereocenters. The van der Waals surface area contributed by atoms with Gasteiger partial charge in [0, 0.05) is 44.3 Å². The summed E-state index contributed by atoms with van der Waals surface area (Å²) < 4.78 is 0. The quantitative estimate of drug-likeness (QED) is 0.596. The third-order valence-corrected chi connectivity index (χ3v) is 6.57. The number of carbonyl (C=O) groups is 3. The van der Waals surface area contributed by atoms with E-state index in [0.29, 0.717) is 25.1 Å². The minimum Gasteiger partial charge on any atom is -0.365 e. The number of hydrogen-bond donors (Lipinski definition) is 0. The van der Waals surface area contributed by atoms with E-state index in [1.54, 1.807) is 18.2 Å². The van der Waals surface area contributed by atoms with E-state index < -0.39 is 11.9 Å². The Morgan fingerprint density at radius 2 is 1.97 bits per heavy atom. The number of carbonyl (C=O) groups excluding carboxylic acids is 3. The zero-order valence-corrected chi connectivity index (χ0v) is 19.4. The number of fused-ring (bicyclic) bond motifs is 1. The van der Waals surface area contributed by atoms with Crippen LogP contribution in [0.4, 0.5) is 10.5 Å². The summed E-state index contributed by atoms with van der Waals surface area (Å²) in [5, 5.41) is 0. The zero-order valence-electron chi connectivity index (χ0n) is 19.4. The molecular formula is C26H32N4O3. The molecule has 0 radical (unpaired) electrons. The molecule has 2 heterocycles. The fraction of sp³-hybridized carbons (Fsp3) is 0.462. The van der Waals surface area contributed by atoms with Crippen LogP contribution < -0.4 is 4.90 Å². The van der Waals surface area contributed by atoms with Crippen LogP contribution in [-0.4, -0.2) is 65.6 Å². The monoisotopic (exact) mass is 448 g/mol.